The average Bonchev–Trinajstić information content (AvgIpc) is 3.27. The molecule has 0 radical (unpaired) electrons. The Morgan fingerprint density at radius 3 is 2.35 bits per heavy atom. The molecular formula is C23H25N3O5. The zero-order valence-electron chi connectivity index (χ0n) is 17.3. The molecule has 2 N–H and O–H groups in total. The van der Waals surface area contributed by atoms with E-state index < -0.39 is 5.91 Å². The summed E-state index contributed by atoms with van der Waals surface area (Å²) in [6.07, 6.45) is 2.95. The van der Waals surface area contributed by atoms with Gasteiger partial charge in [-0.1, -0.05) is 42.5 Å². The number of aryl methyl sites for hydroxylation is 1. The van der Waals surface area contributed by atoms with Crippen molar-refractivity contribution in [2.75, 3.05) is 13.2 Å². The van der Waals surface area contributed by atoms with Gasteiger partial charge in [-0.2, -0.15) is 0 Å². The Bertz CT molecular complexity index is 988. The molecular weight excluding hydrogens is 398 g/mol. The molecule has 0 unspecified atom stereocenters. The van der Waals surface area contributed by atoms with Gasteiger partial charge < -0.3 is 13.9 Å². The van der Waals surface area contributed by atoms with Crippen molar-refractivity contribution in [1.82, 2.24) is 15.8 Å². The van der Waals surface area contributed by atoms with Crippen LogP contribution in [0, 0.1) is 0 Å². The quantitative estimate of drug-likeness (QED) is 0.485. The van der Waals surface area contributed by atoms with E-state index in [9.17, 15) is 9.59 Å². The largest absolute Gasteiger partial charge is 0.490 e. The molecule has 0 saturated carbocycles. The Hall–Kier alpha value is -3.81. The van der Waals surface area contributed by atoms with Gasteiger partial charge in [-0.15, -0.1) is 0 Å². The number of hydrogen-bond acceptors (Lipinski definition) is 6. The van der Waals surface area contributed by atoms with Gasteiger partial charge >= 0.3 is 0 Å². The number of amides is 2. The van der Waals surface area contributed by atoms with Gasteiger partial charge in [0, 0.05) is 18.4 Å². The Morgan fingerprint density at radius 1 is 0.935 bits per heavy atom. The van der Waals surface area contributed by atoms with Gasteiger partial charge in [0.1, 0.15) is 0 Å². The highest BCUT2D eigenvalue weighted by Gasteiger charge is 2.10. The lowest BCUT2D eigenvalue weighted by atomic mass is 10.2. The number of oxazole rings is 1. The van der Waals surface area contributed by atoms with Crippen LogP contribution >= 0.6 is 0 Å². The molecule has 0 aliphatic carbocycles. The molecule has 0 spiro atoms. The summed E-state index contributed by atoms with van der Waals surface area (Å²) < 4.78 is 16.6. The van der Waals surface area contributed by atoms with Crippen molar-refractivity contribution < 1.29 is 23.5 Å². The smallest absolute Gasteiger partial charge is 0.276 e. The maximum atomic E-state index is 11.9. The van der Waals surface area contributed by atoms with Crippen molar-refractivity contribution in [1.29, 1.82) is 0 Å². The second-order valence-corrected chi connectivity index (χ2v) is 6.60. The Labute approximate surface area is 180 Å². The number of hydrogen-bond donors (Lipinski definition) is 2. The van der Waals surface area contributed by atoms with Crippen molar-refractivity contribution in [3.05, 3.63) is 66.7 Å². The van der Waals surface area contributed by atoms with Gasteiger partial charge in [-0.25, -0.2) is 4.98 Å². The van der Waals surface area contributed by atoms with E-state index in [4.69, 9.17) is 13.9 Å². The number of carbonyl (C=O) groups is 2. The molecule has 0 aliphatic heterocycles. The van der Waals surface area contributed by atoms with Crippen molar-refractivity contribution in [2.45, 2.75) is 26.2 Å². The van der Waals surface area contributed by atoms with Gasteiger partial charge in [0.2, 0.25) is 5.91 Å². The van der Waals surface area contributed by atoms with E-state index in [0.29, 0.717) is 42.6 Å². The van der Waals surface area contributed by atoms with Gasteiger partial charge in [-0.05, 0) is 25.5 Å². The summed E-state index contributed by atoms with van der Waals surface area (Å²) in [4.78, 5) is 28.1. The summed E-state index contributed by atoms with van der Waals surface area (Å²) in [5.74, 6) is 1.50. The molecule has 2 aromatic carbocycles. The number of hydrazine groups is 1. The third-order valence-corrected chi connectivity index (χ3v) is 4.26. The van der Waals surface area contributed by atoms with Crippen LogP contribution in [0.3, 0.4) is 0 Å². The molecule has 1 aromatic heterocycles. The van der Waals surface area contributed by atoms with Crippen LogP contribution in [0.4, 0.5) is 0 Å². The maximum Gasteiger partial charge on any atom is 0.276 e. The highest BCUT2D eigenvalue weighted by molar-refractivity contribution is 5.82. The molecule has 3 rings (SSSR count). The molecule has 0 saturated heterocycles. The third-order valence-electron chi connectivity index (χ3n) is 4.26. The lowest BCUT2D eigenvalue weighted by molar-refractivity contribution is -0.130. The van der Waals surface area contributed by atoms with E-state index in [1.807, 2.05) is 43.3 Å². The second-order valence-electron chi connectivity index (χ2n) is 6.60. The molecule has 0 aliphatic rings. The van der Waals surface area contributed by atoms with Crippen LogP contribution in [0.1, 0.15) is 25.7 Å². The number of carbonyl (C=O) groups excluding carboxylic acids is 2. The minimum atomic E-state index is -0.472. The molecule has 0 atom stereocenters. The molecule has 1 heterocycles. The Balaban J connectivity index is 1.34. The first kappa shape index (κ1) is 21.9. The summed E-state index contributed by atoms with van der Waals surface area (Å²) in [6.45, 7) is 2.11. The van der Waals surface area contributed by atoms with Crippen LogP contribution in [0.15, 0.2) is 65.2 Å². The molecule has 0 bridgehead atoms. The van der Waals surface area contributed by atoms with Crippen LogP contribution in [0.5, 0.6) is 11.5 Å². The van der Waals surface area contributed by atoms with E-state index in [1.165, 1.54) is 0 Å². The lowest BCUT2D eigenvalue weighted by Crippen LogP contribution is -2.43. The van der Waals surface area contributed by atoms with Gasteiger partial charge in [0.05, 0.1) is 12.8 Å². The van der Waals surface area contributed by atoms with E-state index in [0.717, 1.165) is 5.56 Å². The highest BCUT2D eigenvalue weighted by atomic mass is 16.5. The first-order chi connectivity index (χ1) is 15.2. The highest BCUT2D eigenvalue weighted by Crippen LogP contribution is 2.26. The van der Waals surface area contributed by atoms with Gasteiger partial charge in [0.25, 0.3) is 5.91 Å². The summed E-state index contributed by atoms with van der Waals surface area (Å²) in [5, 5.41) is 0. The summed E-state index contributed by atoms with van der Waals surface area (Å²) >= 11 is 0. The minimum Gasteiger partial charge on any atom is -0.490 e. The monoisotopic (exact) mass is 423 g/mol. The fourth-order valence-electron chi connectivity index (χ4n) is 2.79. The van der Waals surface area contributed by atoms with Crippen LogP contribution in [0.2, 0.25) is 0 Å². The molecule has 8 heteroatoms. The minimum absolute atomic E-state index is 0.220. The Morgan fingerprint density at radius 2 is 1.61 bits per heavy atom. The summed E-state index contributed by atoms with van der Waals surface area (Å²) in [7, 11) is 0. The van der Waals surface area contributed by atoms with Crippen molar-refractivity contribution >= 4 is 11.8 Å². The number of rotatable bonds is 10. The van der Waals surface area contributed by atoms with E-state index in [1.54, 1.807) is 24.4 Å². The number of benzene rings is 2. The van der Waals surface area contributed by atoms with Crippen LogP contribution < -0.4 is 20.3 Å². The molecule has 0 fully saturated rings. The van der Waals surface area contributed by atoms with Crippen molar-refractivity contribution in [3.8, 4) is 22.8 Å². The van der Waals surface area contributed by atoms with Crippen LogP contribution in [0.25, 0.3) is 11.3 Å². The summed E-state index contributed by atoms with van der Waals surface area (Å²) in [6, 6.07) is 16.8. The number of nitrogens with one attached hydrogen (secondary N) is 2. The standard InChI is InChI=1S/C23H25N3O5/c1-2-29-18-11-6-7-12-19(18)30-16-22(28)26-25-21(27)13-8-14-23-24-15-20(31-23)17-9-4-3-5-10-17/h3-7,9-12,15H,2,8,13-14,16H2,1H3,(H,25,27)(H,26,28). The second kappa shape index (κ2) is 11.4. The molecule has 2 amide bonds. The van der Waals surface area contributed by atoms with Crippen molar-refractivity contribution in [3.63, 3.8) is 0 Å². The predicted molar refractivity (Wildman–Crippen MR) is 114 cm³/mol. The molecule has 162 valence electrons. The number of aromatic nitrogens is 1. The van der Waals surface area contributed by atoms with Gasteiger partial charge in [-0.3, -0.25) is 20.4 Å². The fraction of sp³-hybridized carbons (Fsp3) is 0.261. The molecule has 8 nitrogen and oxygen atoms in total. The zero-order chi connectivity index (χ0) is 21.9. The van der Waals surface area contributed by atoms with E-state index >= 15 is 0 Å². The SMILES string of the molecule is CCOc1ccccc1OCC(=O)NNC(=O)CCCc1ncc(-c2ccccc2)o1. The van der Waals surface area contributed by atoms with E-state index in [2.05, 4.69) is 15.8 Å². The molecule has 3 aromatic rings. The maximum absolute atomic E-state index is 11.9. The number of para-hydroxylation sites is 2. The Kier molecular flexibility index (Phi) is 8.05. The first-order valence-corrected chi connectivity index (χ1v) is 10.1. The zero-order valence-corrected chi connectivity index (χ0v) is 17.3. The number of nitrogens with zero attached hydrogens (tertiary/aromatic N) is 1. The fourth-order valence-corrected chi connectivity index (χ4v) is 2.79. The number of ether oxygens (including phenoxy) is 2. The first-order valence-electron chi connectivity index (χ1n) is 10.1. The molecule has 31 heavy (non-hydrogen) atoms. The summed E-state index contributed by atoms with van der Waals surface area (Å²) in [5.41, 5.74) is 5.66. The van der Waals surface area contributed by atoms with Crippen LogP contribution in [-0.2, 0) is 16.0 Å². The topological polar surface area (TPSA) is 103 Å². The third kappa shape index (κ3) is 6.88. The average molecular weight is 423 g/mol. The van der Waals surface area contributed by atoms with Crippen LogP contribution in [-0.4, -0.2) is 30.0 Å². The predicted octanol–water partition coefficient (Wildman–Crippen LogP) is 3.29. The van der Waals surface area contributed by atoms with E-state index in [-0.39, 0.29) is 18.9 Å². The van der Waals surface area contributed by atoms with Gasteiger partial charge in [0.15, 0.2) is 29.8 Å². The normalized spacial score (nSPS) is 10.4. The lowest BCUT2D eigenvalue weighted by Gasteiger charge is -2.12. The van der Waals surface area contributed by atoms with Crippen molar-refractivity contribution in [2.24, 2.45) is 0 Å².